The van der Waals surface area contributed by atoms with Gasteiger partial charge in [0.1, 0.15) is 5.75 Å². The third kappa shape index (κ3) is 5.28. The summed E-state index contributed by atoms with van der Waals surface area (Å²) in [7, 11) is 0. The topological polar surface area (TPSA) is 32.8 Å². The van der Waals surface area contributed by atoms with Gasteiger partial charge in [0.25, 0.3) is 0 Å². The Hall–Kier alpha value is -2.04. The van der Waals surface area contributed by atoms with Crippen molar-refractivity contribution in [3.8, 4) is 5.75 Å². The number of benzene rings is 2. The van der Waals surface area contributed by atoms with Gasteiger partial charge in [0.2, 0.25) is 5.91 Å². The number of anilines is 1. The maximum Gasteiger partial charge on any atom is 0.229 e. The zero-order valence-corrected chi connectivity index (χ0v) is 21.9. The number of piperidine rings is 1. The molecule has 2 unspecified atom stereocenters. The predicted octanol–water partition coefficient (Wildman–Crippen LogP) is 6.87. The van der Waals surface area contributed by atoms with Gasteiger partial charge in [-0.05, 0) is 99.6 Å². The SMILES string of the molecule is CCOc1ccc2c(c1)C(CCN1CCC(c3ccc(Cl)cc3)CC1)C(CC)N2C(=O)C(C)C. The van der Waals surface area contributed by atoms with Crippen LogP contribution < -0.4 is 9.64 Å². The molecule has 0 aromatic heterocycles. The second kappa shape index (κ2) is 11.1. The van der Waals surface area contributed by atoms with E-state index in [1.54, 1.807) is 0 Å². The summed E-state index contributed by atoms with van der Waals surface area (Å²) in [5, 5.41) is 0.806. The molecule has 4 rings (SSSR count). The van der Waals surface area contributed by atoms with E-state index in [-0.39, 0.29) is 17.9 Å². The van der Waals surface area contributed by atoms with Crippen LogP contribution in [0.4, 0.5) is 5.69 Å². The maximum atomic E-state index is 13.2. The number of rotatable bonds is 8. The van der Waals surface area contributed by atoms with Crippen molar-refractivity contribution < 1.29 is 9.53 Å². The van der Waals surface area contributed by atoms with Crippen LogP contribution in [0.2, 0.25) is 5.02 Å². The highest BCUT2D eigenvalue weighted by Crippen LogP contribution is 2.46. The van der Waals surface area contributed by atoms with Crippen LogP contribution in [0, 0.1) is 5.92 Å². The molecule has 184 valence electrons. The summed E-state index contributed by atoms with van der Waals surface area (Å²) in [5.74, 6) is 2.08. The Balaban J connectivity index is 1.46. The molecule has 0 spiro atoms. The lowest BCUT2D eigenvalue weighted by atomic mass is 9.87. The number of amides is 1. The summed E-state index contributed by atoms with van der Waals surface area (Å²) < 4.78 is 5.83. The molecule has 0 N–H and O–H groups in total. The van der Waals surface area contributed by atoms with E-state index in [1.807, 2.05) is 39.0 Å². The maximum absolute atomic E-state index is 13.2. The van der Waals surface area contributed by atoms with Crippen molar-refractivity contribution in [3.05, 3.63) is 58.6 Å². The standard InChI is InChI=1S/C29H39ClN2O2/c1-5-27-25(15-18-31-16-13-22(14-17-31)21-7-9-23(30)10-8-21)26-19-24(34-6-2)11-12-28(26)32(27)29(33)20(3)4/h7-12,19-20,22,25,27H,5-6,13-18H2,1-4H3. The lowest BCUT2D eigenvalue weighted by molar-refractivity contribution is -0.121. The number of hydrogen-bond donors (Lipinski definition) is 0. The van der Waals surface area contributed by atoms with Crippen LogP contribution >= 0.6 is 11.6 Å². The molecule has 0 saturated carbocycles. The van der Waals surface area contributed by atoms with Crippen molar-refractivity contribution in [2.24, 2.45) is 5.92 Å². The van der Waals surface area contributed by atoms with Gasteiger partial charge in [0.05, 0.1) is 6.61 Å². The van der Waals surface area contributed by atoms with Crippen LogP contribution in [0.1, 0.15) is 76.3 Å². The quantitative estimate of drug-likeness (QED) is 0.411. The van der Waals surface area contributed by atoms with E-state index < -0.39 is 0 Å². The summed E-state index contributed by atoms with van der Waals surface area (Å²) in [4.78, 5) is 17.9. The van der Waals surface area contributed by atoms with Crippen molar-refractivity contribution in [1.82, 2.24) is 4.90 Å². The van der Waals surface area contributed by atoms with Gasteiger partial charge >= 0.3 is 0 Å². The normalized spacial score (nSPS) is 21.2. The second-order valence-corrected chi connectivity index (χ2v) is 10.5. The zero-order chi connectivity index (χ0) is 24.2. The first-order valence-electron chi connectivity index (χ1n) is 13.0. The first-order valence-corrected chi connectivity index (χ1v) is 13.4. The molecule has 2 aromatic rings. The molecule has 2 aliphatic rings. The number of nitrogens with zero attached hydrogens (tertiary/aromatic N) is 2. The number of likely N-dealkylation sites (tertiary alicyclic amines) is 1. The van der Waals surface area contributed by atoms with E-state index in [0.29, 0.717) is 18.4 Å². The summed E-state index contributed by atoms with van der Waals surface area (Å²) in [5.41, 5.74) is 3.77. The molecule has 2 atom stereocenters. The van der Waals surface area contributed by atoms with Gasteiger partial charge < -0.3 is 14.5 Å². The fraction of sp³-hybridized carbons (Fsp3) is 0.552. The molecule has 0 aliphatic carbocycles. The van der Waals surface area contributed by atoms with Gasteiger partial charge in [-0.25, -0.2) is 0 Å². The largest absolute Gasteiger partial charge is 0.494 e. The molecule has 1 saturated heterocycles. The Morgan fingerprint density at radius 2 is 1.79 bits per heavy atom. The molecule has 1 fully saturated rings. The summed E-state index contributed by atoms with van der Waals surface area (Å²) in [6.07, 6.45) is 4.40. The smallest absolute Gasteiger partial charge is 0.229 e. The average molecular weight is 483 g/mol. The Bertz CT molecular complexity index is 967. The average Bonchev–Trinajstić information content (AvgIpc) is 3.15. The monoisotopic (exact) mass is 482 g/mol. The van der Waals surface area contributed by atoms with Gasteiger partial charge in [-0.3, -0.25) is 4.79 Å². The molecule has 34 heavy (non-hydrogen) atoms. The molecular formula is C29H39ClN2O2. The van der Waals surface area contributed by atoms with Crippen LogP contribution in [0.5, 0.6) is 5.75 Å². The molecule has 2 heterocycles. The van der Waals surface area contributed by atoms with E-state index in [4.69, 9.17) is 16.3 Å². The summed E-state index contributed by atoms with van der Waals surface area (Å²) in [6.45, 7) is 12.2. The lowest BCUT2D eigenvalue weighted by Gasteiger charge is -2.34. The minimum Gasteiger partial charge on any atom is -0.494 e. The van der Waals surface area contributed by atoms with E-state index in [1.165, 1.54) is 24.0 Å². The van der Waals surface area contributed by atoms with E-state index in [2.05, 4.69) is 41.0 Å². The Morgan fingerprint density at radius 1 is 1.09 bits per heavy atom. The molecule has 0 bridgehead atoms. The molecule has 4 nitrogen and oxygen atoms in total. The van der Waals surface area contributed by atoms with E-state index >= 15 is 0 Å². The Labute approximate surface area is 210 Å². The zero-order valence-electron chi connectivity index (χ0n) is 21.1. The van der Waals surface area contributed by atoms with Crippen LogP contribution in [0.15, 0.2) is 42.5 Å². The number of carbonyl (C=O) groups is 1. The minimum atomic E-state index is -0.0147. The fourth-order valence-corrected chi connectivity index (χ4v) is 5.92. The molecule has 1 amide bonds. The number of hydrogen-bond acceptors (Lipinski definition) is 3. The number of ether oxygens (including phenoxy) is 1. The lowest BCUT2D eigenvalue weighted by Crippen LogP contribution is -2.42. The first kappa shape index (κ1) is 25.1. The predicted molar refractivity (Wildman–Crippen MR) is 141 cm³/mol. The van der Waals surface area contributed by atoms with Crippen molar-refractivity contribution in [1.29, 1.82) is 0 Å². The highest BCUT2D eigenvalue weighted by atomic mass is 35.5. The molecule has 2 aliphatic heterocycles. The van der Waals surface area contributed by atoms with E-state index in [9.17, 15) is 4.79 Å². The number of fused-ring (bicyclic) bond motifs is 1. The van der Waals surface area contributed by atoms with Crippen LogP contribution in [0.3, 0.4) is 0 Å². The van der Waals surface area contributed by atoms with Gasteiger partial charge in [0.15, 0.2) is 0 Å². The highest BCUT2D eigenvalue weighted by molar-refractivity contribution is 6.30. The highest BCUT2D eigenvalue weighted by Gasteiger charge is 2.41. The van der Waals surface area contributed by atoms with Gasteiger partial charge in [-0.15, -0.1) is 0 Å². The molecule has 5 heteroatoms. The van der Waals surface area contributed by atoms with Crippen LogP contribution in [0.25, 0.3) is 0 Å². The summed E-state index contributed by atoms with van der Waals surface area (Å²) >= 11 is 6.07. The van der Waals surface area contributed by atoms with Crippen LogP contribution in [-0.4, -0.2) is 43.1 Å². The van der Waals surface area contributed by atoms with E-state index in [0.717, 1.165) is 48.9 Å². The Morgan fingerprint density at radius 3 is 2.41 bits per heavy atom. The molecule has 2 aromatic carbocycles. The van der Waals surface area contributed by atoms with Crippen molar-refractivity contribution >= 4 is 23.2 Å². The fourth-order valence-electron chi connectivity index (χ4n) is 5.79. The number of halogens is 1. The second-order valence-electron chi connectivity index (χ2n) is 10.1. The third-order valence-electron chi connectivity index (χ3n) is 7.60. The van der Waals surface area contributed by atoms with Gasteiger partial charge in [0, 0.05) is 28.6 Å². The molecular weight excluding hydrogens is 444 g/mol. The molecule has 0 radical (unpaired) electrons. The first-order chi connectivity index (χ1) is 16.4. The van der Waals surface area contributed by atoms with Crippen molar-refractivity contribution in [2.75, 3.05) is 31.1 Å². The third-order valence-corrected chi connectivity index (χ3v) is 7.85. The van der Waals surface area contributed by atoms with Gasteiger partial charge in [-0.1, -0.05) is 44.5 Å². The Kier molecular flexibility index (Phi) is 8.21. The van der Waals surface area contributed by atoms with Crippen molar-refractivity contribution in [3.63, 3.8) is 0 Å². The summed E-state index contributed by atoms with van der Waals surface area (Å²) in [6, 6.07) is 14.9. The minimum absolute atomic E-state index is 0.0147. The van der Waals surface area contributed by atoms with Gasteiger partial charge in [-0.2, -0.15) is 0 Å². The van der Waals surface area contributed by atoms with Crippen LogP contribution in [-0.2, 0) is 4.79 Å². The number of carbonyl (C=O) groups excluding carboxylic acids is 1. The van der Waals surface area contributed by atoms with Crippen molar-refractivity contribution in [2.45, 2.75) is 71.3 Å².